The van der Waals surface area contributed by atoms with Crippen LogP contribution >= 0.6 is 0 Å². The molecule has 2 aliphatic heterocycles. The number of fused-ring (bicyclic) bond motifs is 1. The predicted octanol–water partition coefficient (Wildman–Crippen LogP) is 1.25. The van der Waals surface area contributed by atoms with Gasteiger partial charge in [0, 0.05) is 12.6 Å². The molecule has 0 spiro atoms. The third-order valence-electron chi connectivity index (χ3n) is 3.45. The van der Waals surface area contributed by atoms with E-state index in [1.54, 1.807) is 6.07 Å². The number of nitrogens with zero attached hydrogens (tertiary/aromatic N) is 1. The second-order valence-electron chi connectivity index (χ2n) is 4.99. The number of aliphatic hydroxyl groups excluding tert-OH is 1. The Hall–Kier alpha value is -1.46. The van der Waals surface area contributed by atoms with Gasteiger partial charge in [0.2, 0.25) is 6.79 Å². The molecule has 0 aromatic heterocycles. The molecule has 1 saturated heterocycles. The zero-order valence-corrected chi connectivity index (χ0v) is 10.9. The Balaban J connectivity index is 1.48. The van der Waals surface area contributed by atoms with Crippen molar-refractivity contribution in [1.82, 2.24) is 4.90 Å². The Kier molecular flexibility index (Phi) is 3.75. The van der Waals surface area contributed by atoms with Gasteiger partial charge in [0.15, 0.2) is 11.5 Å². The molecular formula is C14H19NO4. The normalized spacial score (nSPS) is 19.6. The van der Waals surface area contributed by atoms with Crippen LogP contribution in [-0.4, -0.2) is 49.1 Å². The smallest absolute Gasteiger partial charge is 0.231 e. The fraction of sp³-hybridized carbons (Fsp3) is 0.571. The third-order valence-corrected chi connectivity index (χ3v) is 3.45. The molecule has 1 atom stereocenters. The maximum Gasteiger partial charge on any atom is 0.231 e. The summed E-state index contributed by atoms with van der Waals surface area (Å²) in [7, 11) is 0. The zero-order valence-electron chi connectivity index (χ0n) is 10.9. The van der Waals surface area contributed by atoms with Gasteiger partial charge >= 0.3 is 0 Å². The molecule has 0 radical (unpaired) electrons. The van der Waals surface area contributed by atoms with E-state index < -0.39 is 6.10 Å². The van der Waals surface area contributed by atoms with Gasteiger partial charge in [0.05, 0.1) is 0 Å². The SMILES string of the molecule is O[C@@H](COc1ccc2c(c1)OCO2)CN1CCCC1. The molecule has 0 saturated carbocycles. The summed E-state index contributed by atoms with van der Waals surface area (Å²) in [4.78, 5) is 2.27. The summed E-state index contributed by atoms with van der Waals surface area (Å²) in [6.45, 7) is 3.42. The molecule has 19 heavy (non-hydrogen) atoms. The van der Waals surface area contributed by atoms with Crippen molar-refractivity contribution in [3.8, 4) is 17.2 Å². The van der Waals surface area contributed by atoms with Crippen molar-refractivity contribution in [2.75, 3.05) is 33.0 Å². The summed E-state index contributed by atoms with van der Waals surface area (Å²) in [5.74, 6) is 2.14. The van der Waals surface area contributed by atoms with Crippen LogP contribution in [0.3, 0.4) is 0 Å². The van der Waals surface area contributed by atoms with Gasteiger partial charge in [-0.25, -0.2) is 0 Å². The van der Waals surface area contributed by atoms with Crippen LogP contribution in [0.4, 0.5) is 0 Å². The summed E-state index contributed by atoms with van der Waals surface area (Å²) < 4.78 is 16.1. The second-order valence-corrected chi connectivity index (χ2v) is 4.99. The molecule has 1 fully saturated rings. The highest BCUT2D eigenvalue weighted by Gasteiger charge is 2.17. The molecule has 2 heterocycles. The first kappa shape index (κ1) is 12.6. The third kappa shape index (κ3) is 3.11. The zero-order chi connectivity index (χ0) is 13.1. The fourth-order valence-corrected chi connectivity index (χ4v) is 2.48. The number of hydrogen-bond acceptors (Lipinski definition) is 5. The van der Waals surface area contributed by atoms with Crippen LogP contribution in [0.25, 0.3) is 0 Å². The van der Waals surface area contributed by atoms with Gasteiger partial charge in [0.1, 0.15) is 18.5 Å². The average molecular weight is 265 g/mol. The van der Waals surface area contributed by atoms with Crippen LogP contribution in [0.5, 0.6) is 17.2 Å². The van der Waals surface area contributed by atoms with E-state index in [1.807, 2.05) is 12.1 Å². The van der Waals surface area contributed by atoms with E-state index in [0.717, 1.165) is 18.8 Å². The van der Waals surface area contributed by atoms with Gasteiger partial charge in [-0.1, -0.05) is 0 Å². The Morgan fingerprint density at radius 3 is 2.84 bits per heavy atom. The Morgan fingerprint density at radius 2 is 2.00 bits per heavy atom. The molecule has 3 rings (SSSR count). The molecule has 5 nitrogen and oxygen atoms in total. The number of β-amino-alcohol motifs (C(OH)–C–C–N with tert-alkyl or cyclic N) is 1. The van der Waals surface area contributed by atoms with Crippen LogP contribution in [0, 0.1) is 0 Å². The number of likely N-dealkylation sites (tertiary alicyclic amines) is 1. The topological polar surface area (TPSA) is 51.2 Å². The molecule has 1 N–H and O–H groups in total. The lowest BCUT2D eigenvalue weighted by atomic mass is 10.3. The van der Waals surface area contributed by atoms with Crippen molar-refractivity contribution >= 4 is 0 Å². The highest BCUT2D eigenvalue weighted by Crippen LogP contribution is 2.35. The number of rotatable bonds is 5. The predicted molar refractivity (Wildman–Crippen MR) is 69.7 cm³/mol. The molecule has 1 aromatic carbocycles. The molecule has 0 amide bonds. The van der Waals surface area contributed by atoms with Crippen molar-refractivity contribution < 1.29 is 19.3 Å². The average Bonchev–Trinajstić information content (AvgIpc) is 3.06. The first-order chi connectivity index (χ1) is 9.31. The van der Waals surface area contributed by atoms with Crippen LogP contribution in [0.1, 0.15) is 12.8 Å². The van der Waals surface area contributed by atoms with E-state index in [2.05, 4.69) is 4.90 Å². The lowest BCUT2D eigenvalue weighted by molar-refractivity contribution is 0.0757. The van der Waals surface area contributed by atoms with Crippen molar-refractivity contribution in [3.05, 3.63) is 18.2 Å². The Morgan fingerprint density at radius 1 is 1.21 bits per heavy atom. The minimum absolute atomic E-state index is 0.260. The van der Waals surface area contributed by atoms with Crippen molar-refractivity contribution in [3.63, 3.8) is 0 Å². The first-order valence-electron chi connectivity index (χ1n) is 6.74. The summed E-state index contributed by atoms with van der Waals surface area (Å²) >= 11 is 0. The number of benzene rings is 1. The van der Waals surface area contributed by atoms with E-state index in [1.165, 1.54) is 12.8 Å². The standard InChI is InChI=1S/C14H19NO4/c16-11(8-15-5-1-2-6-15)9-17-12-3-4-13-14(7-12)19-10-18-13/h3-4,7,11,16H,1-2,5-6,8-10H2/t11-/m1/s1. The summed E-state index contributed by atoms with van der Waals surface area (Å²) in [6, 6.07) is 5.45. The van der Waals surface area contributed by atoms with Gasteiger partial charge in [-0.05, 0) is 38.1 Å². The van der Waals surface area contributed by atoms with Gasteiger partial charge in [-0.3, -0.25) is 0 Å². The van der Waals surface area contributed by atoms with E-state index in [0.29, 0.717) is 24.7 Å². The molecule has 1 aromatic rings. The maximum atomic E-state index is 9.94. The monoisotopic (exact) mass is 265 g/mol. The molecular weight excluding hydrogens is 246 g/mol. The summed E-state index contributed by atoms with van der Waals surface area (Å²) in [6.07, 6.45) is 2.01. The van der Waals surface area contributed by atoms with Gasteiger partial charge in [-0.15, -0.1) is 0 Å². The van der Waals surface area contributed by atoms with Crippen LogP contribution in [0.2, 0.25) is 0 Å². The number of ether oxygens (including phenoxy) is 3. The highest BCUT2D eigenvalue weighted by atomic mass is 16.7. The highest BCUT2D eigenvalue weighted by molar-refractivity contribution is 5.46. The minimum Gasteiger partial charge on any atom is -0.491 e. The van der Waals surface area contributed by atoms with Crippen LogP contribution in [0.15, 0.2) is 18.2 Å². The van der Waals surface area contributed by atoms with Gasteiger partial charge in [0.25, 0.3) is 0 Å². The molecule has 2 aliphatic rings. The quantitative estimate of drug-likeness (QED) is 0.868. The molecule has 0 bridgehead atoms. The minimum atomic E-state index is -0.455. The van der Waals surface area contributed by atoms with Gasteiger partial charge in [-0.2, -0.15) is 0 Å². The summed E-state index contributed by atoms with van der Waals surface area (Å²) in [5, 5.41) is 9.94. The van der Waals surface area contributed by atoms with Crippen LogP contribution in [-0.2, 0) is 0 Å². The molecule has 0 unspecified atom stereocenters. The van der Waals surface area contributed by atoms with Crippen molar-refractivity contribution in [1.29, 1.82) is 0 Å². The number of hydrogen-bond donors (Lipinski definition) is 1. The van der Waals surface area contributed by atoms with Crippen molar-refractivity contribution in [2.45, 2.75) is 18.9 Å². The van der Waals surface area contributed by atoms with Crippen LogP contribution < -0.4 is 14.2 Å². The molecule has 104 valence electrons. The second kappa shape index (κ2) is 5.67. The lowest BCUT2D eigenvalue weighted by Crippen LogP contribution is -2.33. The van der Waals surface area contributed by atoms with E-state index in [4.69, 9.17) is 14.2 Å². The molecule has 0 aliphatic carbocycles. The molecule has 5 heteroatoms. The van der Waals surface area contributed by atoms with E-state index >= 15 is 0 Å². The first-order valence-corrected chi connectivity index (χ1v) is 6.74. The summed E-state index contributed by atoms with van der Waals surface area (Å²) in [5.41, 5.74) is 0. The van der Waals surface area contributed by atoms with E-state index in [-0.39, 0.29) is 6.79 Å². The Bertz CT molecular complexity index is 431. The van der Waals surface area contributed by atoms with E-state index in [9.17, 15) is 5.11 Å². The van der Waals surface area contributed by atoms with Gasteiger partial charge < -0.3 is 24.2 Å². The number of aliphatic hydroxyl groups is 1. The van der Waals surface area contributed by atoms with Crippen molar-refractivity contribution in [2.24, 2.45) is 0 Å². The maximum absolute atomic E-state index is 9.94. The Labute approximate surface area is 112 Å². The lowest BCUT2D eigenvalue weighted by Gasteiger charge is -2.19. The largest absolute Gasteiger partial charge is 0.491 e. The fourth-order valence-electron chi connectivity index (χ4n) is 2.48.